The Labute approximate surface area is 147 Å². The van der Waals surface area contributed by atoms with Gasteiger partial charge in [0.25, 0.3) is 5.69 Å². The van der Waals surface area contributed by atoms with Crippen molar-refractivity contribution in [3.63, 3.8) is 0 Å². The number of nitrogens with zero attached hydrogens (tertiary/aromatic N) is 4. The normalized spacial score (nSPS) is 18.0. The van der Waals surface area contributed by atoms with E-state index in [-0.39, 0.29) is 17.7 Å². The summed E-state index contributed by atoms with van der Waals surface area (Å²) in [5, 5.41) is 14.0. The minimum absolute atomic E-state index is 0.0603. The topological polar surface area (TPSA) is 84.2 Å². The molecule has 1 N–H and O–H groups in total. The molecule has 1 saturated heterocycles. The molecule has 1 aliphatic heterocycles. The van der Waals surface area contributed by atoms with E-state index in [0.717, 1.165) is 12.3 Å². The van der Waals surface area contributed by atoms with Gasteiger partial charge in [-0.2, -0.15) is 13.2 Å². The fraction of sp³-hybridized carbons (Fsp3) is 0.375. The van der Waals surface area contributed by atoms with Gasteiger partial charge in [-0.3, -0.25) is 15.0 Å². The average molecular weight is 367 g/mol. The summed E-state index contributed by atoms with van der Waals surface area (Å²) in [5.41, 5.74) is -0.330. The third-order valence-electron chi connectivity index (χ3n) is 4.13. The molecule has 2 aromatic rings. The maximum absolute atomic E-state index is 12.7. The summed E-state index contributed by atoms with van der Waals surface area (Å²) in [7, 11) is 0. The Morgan fingerprint density at radius 3 is 2.81 bits per heavy atom. The molecule has 0 saturated carbocycles. The van der Waals surface area contributed by atoms with Crippen molar-refractivity contribution in [3.8, 4) is 0 Å². The van der Waals surface area contributed by atoms with Crippen molar-refractivity contribution in [2.24, 2.45) is 0 Å². The van der Waals surface area contributed by atoms with Gasteiger partial charge in [0.1, 0.15) is 5.69 Å². The first-order valence-corrected chi connectivity index (χ1v) is 7.94. The number of hydrogen-bond acceptors (Lipinski definition) is 6. The number of anilines is 1. The second-order valence-corrected chi connectivity index (χ2v) is 6.01. The first-order chi connectivity index (χ1) is 12.3. The Morgan fingerprint density at radius 2 is 2.08 bits per heavy atom. The van der Waals surface area contributed by atoms with Crippen LogP contribution in [-0.4, -0.2) is 38.9 Å². The smallest absolute Gasteiger partial charge is 0.350 e. The molecule has 10 heteroatoms. The first kappa shape index (κ1) is 18.1. The minimum atomic E-state index is -4.52. The van der Waals surface area contributed by atoms with Crippen LogP contribution in [0.25, 0.3) is 0 Å². The summed E-state index contributed by atoms with van der Waals surface area (Å²) in [5.74, 6) is -0.0719. The van der Waals surface area contributed by atoms with Gasteiger partial charge in [0.2, 0.25) is 5.95 Å². The molecule has 1 aromatic carbocycles. The van der Waals surface area contributed by atoms with Crippen LogP contribution in [0, 0.1) is 10.1 Å². The van der Waals surface area contributed by atoms with Crippen molar-refractivity contribution in [1.82, 2.24) is 14.9 Å². The van der Waals surface area contributed by atoms with Crippen LogP contribution in [0.3, 0.4) is 0 Å². The van der Waals surface area contributed by atoms with E-state index < -0.39 is 16.8 Å². The van der Waals surface area contributed by atoms with Gasteiger partial charge < -0.3 is 5.32 Å². The molecule has 1 aliphatic rings. The third-order valence-corrected chi connectivity index (χ3v) is 4.13. The number of benzene rings is 1. The van der Waals surface area contributed by atoms with E-state index in [1.807, 2.05) is 4.90 Å². The van der Waals surface area contributed by atoms with Crippen LogP contribution in [0.2, 0.25) is 0 Å². The number of nitro groups is 1. The van der Waals surface area contributed by atoms with Crippen molar-refractivity contribution in [2.75, 3.05) is 18.4 Å². The molecular formula is C16H16F3N5O2. The number of hydrogen-bond donors (Lipinski definition) is 1. The van der Waals surface area contributed by atoms with E-state index in [0.29, 0.717) is 31.6 Å². The summed E-state index contributed by atoms with van der Waals surface area (Å²) in [4.78, 5) is 20.0. The molecule has 26 heavy (non-hydrogen) atoms. The number of aromatic nitrogens is 2. The Hall–Kier alpha value is -2.75. The Balaban J connectivity index is 1.62. The lowest BCUT2D eigenvalue weighted by Gasteiger charge is -2.17. The largest absolute Gasteiger partial charge is 0.433 e. The van der Waals surface area contributed by atoms with Crippen LogP contribution in [-0.2, 0) is 12.7 Å². The summed E-state index contributed by atoms with van der Waals surface area (Å²) in [6, 6.07) is 7.21. The average Bonchev–Trinajstić information content (AvgIpc) is 3.01. The molecule has 2 heterocycles. The molecule has 0 amide bonds. The van der Waals surface area contributed by atoms with Gasteiger partial charge in [0, 0.05) is 43.5 Å². The van der Waals surface area contributed by atoms with Crippen molar-refractivity contribution < 1.29 is 18.1 Å². The molecule has 1 aromatic heterocycles. The summed E-state index contributed by atoms with van der Waals surface area (Å²) in [6.07, 6.45) is -2.77. The van der Waals surface area contributed by atoms with Gasteiger partial charge in [0.05, 0.1) is 4.92 Å². The molecule has 0 radical (unpaired) electrons. The first-order valence-electron chi connectivity index (χ1n) is 7.94. The fourth-order valence-corrected chi connectivity index (χ4v) is 2.93. The second-order valence-electron chi connectivity index (χ2n) is 6.01. The van der Waals surface area contributed by atoms with E-state index in [9.17, 15) is 23.3 Å². The zero-order valence-electron chi connectivity index (χ0n) is 13.6. The SMILES string of the molecule is O=[N+]([O-])c1ccccc1CN1CCC(Nc2nccc(C(F)(F)F)n2)C1. The van der Waals surface area contributed by atoms with Gasteiger partial charge in [-0.05, 0) is 12.5 Å². The van der Waals surface area contributed by atoms with E-state index >= 15 is 0 Å². The van der Waals surface area contributed by atoms with Crippen molar-refractivity contribution in [2.45, 2.75) is 25.2 Å². The zero-order chi connectivity index (χ0) is 18.7. The molecule has 3 rings (SSSR count). The molecule has 1 unspecified atom stereocenters. The number of likely N-dealkylation sites (tertiary alicyclic amines) is 1. The highest BCUT2D eigenvalue weighted by Gasteiger charge is 2.33. The Kier molecular flexibility index (Phi) is 5.03. The Morgan fingerprint density at radius 1 is 1.31 bits per heavy atom. The van der Waals surface area contributed by atoms with Crippen LogP contribution in [0.1, 0.15) is 17.7 Å². The predicted molar refractivity (Wildman–Crippen MR) is 87.4 cm³/mol. The fourth-order valence-electron chi connectivity index (χ4n) is 2.93. The zero-order valence-corrected chi connectivity index (χ0v) is 13.6. The molecular weight excluding hydrogens is 351 g/mol. The molecule has 1 atom stereocenters. The summed E-state index contributed by atoms with van der Waals surface area (Å²) >= 11 is 0. The molecule has 1 fully saturated rings. The Bertz CT molecular complexity index is 799. The van der Waals surface area contributed by atoms with Crippen molar-refractivity contribution in [3.05, 3.63) is 57.9 Å². The quantitative estimate of drug-likeness (QED) is 0.646. The lowest BCUT2D eigenvalue weighted by Crippen LogP contribution is -2.27. The number of rotatable bonds is 5. The van der Waals surface area contributed by atoms with E-state index in [2.05, 4.69) is 15.3 Å². The molecule has 7 nitrogen and oxygen atoms in total. The van der Waals surface area contributed by atoms with Crippen LogP contribution in [0.15, 0.2) is 36.5 Å². The van der Waals surface area contributed by atoms with Crippen molar-refractivity contribution >= 4 is 11.6 Å². The van der Waals surface area contributed by atoms with E-state index in [1.54, 1.807) is 18.2 Å². The predicted octanol–water partition coefficient (Wildman–Crippen LogP) is 3.09. The van der Waals surface area contributed by atoms with Crippen molar-refractivity contribution in [1.29, 1.82) is 0 Å². The molecule has 0 bridgehead atoms. The summed E-state index contributed by atoms with van der Waals surface area (Å²) < 4.78 is 38.1. The van der Waals surface area contributed by atoms with E-state index in [1.165, 1.54) is 6.07 Å². The number of nitrogens with one attached hydrogen (secondary N) is 1. The molecule has 0 aliphatic carbocycles. The lowest BCUT2D eigenvalue weighted by atomic mass is 10.1. The highest BCUT2D eigenvalue weighted by Crippen LogP contribution is 2.28. The minimum Gasteiger partial charge on any atom is -0.350 e. The highest BCUT2D eigenvalue weighted by molar-refractivity contribution is 5.39. The van der Waals surface area contributed by atoms with Crippen LogP contribution in [0.4, 0.5) is 24.8 Å². The second kappa shape index (κ2) is 7.24. The lowest BCUT2D eigenvalue weighted by molar-refractivity contribution is -0.385. The number of para-hydroxylation sites is 1. The van der Waals surface area contributed by atoms with Gasteiger partial charge in [-0.25, -0.2) is 9.97 Å². The number of nitro benzene ring substituents is 1. The van der Waals surface area contributed by atoms with E-state index in [4.69, 9.17) is 0 Å². The van der Waals surface area contributed by atoms with Crippen LogP contribution < -0.4 is 5.32 Å². The number of halogens is 3. The third kappa shape index (κ3) is 4.26. The standard InChI is InChI=1S/C16H16F3N5O2/c17-16(18,19)14-5-7-20-15(22-14)21-12-6-8-23(10-12)9-11-3-1-2-4-13(11)24(25)26/h1-5,7,12H,6,8-10H2,(H,20,21,22). The monoisotopic (exact) mass is 367 g/mol. The van der Waals surface area contributed by atoms with Gasteiger partial charge in [-0.15, -0.1) is 0 Å². The highest BCUT2D eigenvalue weighted by atomic mass is 19.4. The maximum atomic E-state index is 12.7. The van der Waals surface area contributed by atoms with Crippen LogP contribution >= 0.6 is 0 Å². The maximum Gasteiger partial charge on any atom is 0.433 e. The number of alkyl halides is 3. The molecule has 0 spiro atoms. The molecule has 138 valence electrons. The summed E-state index contributed by atoms with van der Waals surface area (Å²) in [6.45, 7) is 1.60. The van der Waals surface area contributed by atoms with Crippen LogP contribution in [0.5, 0.6) is 0 Å². The van der Waals surface area contributed by atoms with Gasteiger partial charge in [-0.1, -0.05) is 18.2 Å². The van der Waals surface area contributed by atoms with Gasteiger partial charge >= 0.3 is 6.18 Å². The van der Waals surface area contributed by atoms with Gasteiger partial charge in [0.15, 0.2) is 0 Å².